The fourth-order valence-electron chi connectivity index (χ4n) is 4.39. The third-order valence-corrected chi connectivity index (χ3v) is 6.48. The van der Waals surface area contributed by atoms with Crippen LogP contribution in [0.3, 0.4) is 0 Å². The van der Waals surface area contributed by atoms with Gasteiger partial charge in [0.1, 0.15) is 17.2 Å². The van der Waals surface area contributed by atoms with Crippen molar-refractivity contribution in [2.75, 3.05) is 0 Å². The normalized spacial score (nSPS) is 15.0. The van der Waals surface area contributed by atoms with E-state index in [2.05, 4.69) is 22.6 Å². The van der Waals surface area contributed by atoms with Crippen molar-refractivity contribution in [1.82, 2.24) is 10.3 Å². The van der Waals surface area contributed by atoms with E-state index in [0.29, 0.717) is 23.8 Å². The van der Waals surface area contributed by atoms with E-state index in [9.17, 15) is 39.5 Å². The van der Waals surface area contributed by atoms with Crippen LogP contribution in [-0.4, -0.2) is 11.4 Å². The summed E-state index contributed by atoms with van der Waals surface area (Å²) in [4.78, 5) is 4.39. The Morgan fingerprint density at radius 1 is 0.929 bits per heavy atom. The molecule has 0 radical (unpaired) electrons. The minimum absolute atomic E-state index is 0.0811. The molecule has 0 aliphatic heterocycles. The van der Waals surface area contributed by atoms with Crippen molar-refractivity contribution < 1.29 is 39.5 Å². The maximum absolute atomic E-state index is 15.0. The molecular weight excluding hydrogens is 571 g/mol. The third-order valence-electron chi connectivity index (χ3n) is 6.48. The second-order valence-electron chi connectivity index (χ2n) is 9.52. The van der Waals surface area contributed by atoms with Crippen molar-refractivity contribution in [2.45, 2.75) is 31.5 Å². The van der Waals surface area contributed by atoms with Crippen molar-refractivity contribution in [3.05, 3.63) is 148 Å². The maximum Gasteiger partial charge on any atom is 0.419 e. The molecule has 0 saturated heterocycles. The van der Waals surface area contributed by atoms with Crippen LogP contribution in [0, 0.1) is 24.4 Å². The summed E-state index contributed by atoms with van der Waals surface area (Å²) < 4.78 is 124. The summed E-state index contributed by atoms with van der Waals surface area (Å²) in [7, 11) is 0. The Morgan fingerprint density at radius 3 is 2.26 bits per heavy atom. The quantitative estimate of drug-likeness (QED) is 0.209. The van der Waals surface area contributed by atoms with Crippen molar-refractivity contribution in [3.8, 4) is 0 Å². The second kappa shape index (κ2) is 11.8. The van der Waals surface area contributed by atoms with Gasteiger partial charge in [-0.05, 0) is 78.2 Å². The van der Waals surface area contributed by atoms with Gasteiger partial charge in [0.2, 0.25) is 0 Å². The average Bonchev–Trinajstić information content (AvgIpc) is 3.12. The second-order valence-corrected chi connectivity index (χ2v) is 9.52. The van der Waals surface area contributed by atoms with Crippen LogP contribution in [0.5, 0.6) is 0 Å². The number of nitrogens with one attached hydrogen (secondary N) is 1. The zero-order chi connectivity index (χ0) is 30.8. The highest BCUT2D eigenvalue weighted by atomic mass is 19.4. The summed E-state index contributed by atoms with van der Waals surface area (Å²) in [5, 5.41) is 2.92. The lowest BCUT2D eigenvalue weighted by Crippen LogP contribution is -2.45. The minimum Gasteiger partial charge on any atom is -0.370 e. The number of hydrogen-bond acceptors (Lipinski definition) is 2. The number of rotatable bonds is 8. The third kappa shape index (κ3) is 6.52. The number of aryl methyl sites for hydroxylation is 1. The molecule has 1 aromatic heterocycles. The standard InChI is InChI=1S/C31H21F9N2/c1-17-3-10-28(41-16-17)30(15-19-4-8-26(34)27(35)11-19,22-7-5-21(29(36)37)12-23(32)14-22)42-18(2)20-6-9-25(33)24(13-20)31(38,39)40/h3-6,8-14,16,29,42H,2,15H2,1H3/t30-/m0/s1. The lowest BCUT2D eigenvalue weighted by atomic mass is 9.79. The highest BCUT2D eigenvalue weighted by Crippen LogP contribution is 2.39. The zero-order valence-corrected chi connectivity index (χ0v) is 21.8. The lowest BCUT2D eigenvalue weighted by Gasteiger charge is -2.37. The number of hydrogen-bond donors (Lipinski definition) is 1. The van der Waals surface area contributed by atoms with Crippen LogP contribution >= 0.6 is 0 Å². The van der Waals surface area contributed by atoms with E-state index < -0.39 is 52.6 Å². The number of aromatic nitrogens is 1. The Kier molecular flexibility index (Phi) is 8.54. The smallest absolute Gasteiger partial charge is 0.370 e. The van der Waals surface area contributed by atoms with Gasteiger partial charge in [0.15, 0.2) is 11.6 Å². The van der Waals surface area contributed by atoms with Crippen molar-refractivity contribution in [3.63, 3.8) is 0 Å². The number of nitrogens with zero attached hydrogens (tertiary/aromatic N) is 1. The van der Waals surface area contributed by atoms with E-state index in [1.54, 1.807) is 13.0 Å². The molecule has 1 atom stereocenters. The summed E-state index contributed by atoms with van der Waals surface area (Å²) in [6.45, 7) is 5.51. The van der Waals surface area contributed by atoms with Crippen molar-refractivity contribution in [1.29, 1.82) is 0 Å². The van der Waals surface area contributed by atoms with Crippen LogP contribution in [0.25, 0.3) is 5.70 Å². The van der Waals surface area contributed by atoms with Gasteiger partial charge in [-0.2, -0.15) is 13.2 Å². The van der Waals surface area contributed by atoms with Crippen LogP contribution in [0.1, 0.15) is 27.9 Å². The van der Waals surface area contributed by atoms with E-state index in [0.717, 1.165) is 30.4 Å². The molecule has 1 N–H and O–H groups in total. The van der Waals surface area contributed by atoms with E-state index in [1.807, 2.05) is 0 Å². The zero-order valence-electron chi connectivity index (χ0n) is 21.8. The molecule has 3 aromatic rings. The fourth-order valence-corrected chi connectivity index (χ4v) is 4.39. The van der Waals surface area contributed by atoms with Crippen LogP contribution in [0.2, 0.25) is 0 Å². The largest absolute Gasteiger partial charge is 0.419 e. The van der Waals surface area contributed by atoms with Gasteiger partial charge in [0, 0.05) is 29.5 Å². The van der Waals surface area contributed by atoms with Gasteiger partial charge in [0.05, 0.1) is 11.3 Å². The number of benzene rings is 2. The Hall–Kier alpha value is -4.50. The molecule has 4 rings (SSSR count). The van der Waals surface area contributed by atoms with Crippen LogP contribution < -0.4 is 5.32 Å². The Morgan fingerprint density at radius 2 is 1.64 bits per heavy atom. The molecule has 0 amide bonds. The molecule has 0 unspecified atom stereocenters. The number of pyridine rings is 1. The minimum atomic E-state index is -5.04. The first kappa shape index (κ1) is 30.5. The molecule has 218 valence electrons. The Balaban J connectivity index is 1.98. The van der Waals surface area contributed by atoms with Gasteiger partial charge < -0.3 is 5.32 Å². The molecule has 42 heavy (non-hydrogen) atoms. The first-order valence-electron chi connectivity index (χ1n) is 12.2. The van der Waals surface area contributed by atoms with E-state index in [1.165, 1.54) is 18.3 Å². The van der Waals surface area contributed by atoms with Gasteiger partial charge >= 0.3 is 6.18 Å². The fraction of sp³-hybridized carbons (Fsp3) is 0.161. The Bertz CT molecular complexity index is 1640. The first-order chi connectivity index (χ1) is 19.7. The van der Waals surface area contributed by atoms with Crippen LogP contribution in [0.4, 0.5) is 39.5 Å². The van der Waals surface area contributed by atoms with Crippen molar-refractivity contribution >= 4 is 5.70 Å². The van der Waals surface area contributed by atoms with Crippen LogP contribution in [0.15, 0.2) is 102 Å². The molecule has 1 aliphatic carbocycles. The van der Waals surface area contributed by atoms with Crippen LogP contribution in [-0.2, 0) is 18.1 Å². The molecule has 2 aromatic carbocycles. The molecule has 1 aliphatic rings. The van der Waals surface area contributed by atoms with E-state index >= 15 is 0 Å². The van der Waals surface area contributed by atoms with E-state index in [-0.39, 0.29) is 34.5 Å². The first-order valence-corrected chi connectivity index (χ1v) is 12.2. The van der Waals surface area contributed by atoms with Gasteiger partial charge in [-0.15, -0.1) is 5.73 Å². The van der Waals surface area contributed by atoms with Gasteiger partial charge in [-0.3, -0.25) is 4.98 Å². The summed E-state index contributed by atoms with van der Waals surface area (Å²) in [6, 6.07) is 8.13. The predicted molar refractivity (Wildman–Crippen MR) is 139 cm³/mol. The highest BCUT2D eigenvalue weighted by Gasteiger charge is 2.40. The summed E-state index contributed by atoms with van der Waals surface area (Å²) in [5.41, 5.74) is -1.29. The van der Waals surface area contributed by atoms with Gasteiger partial charge in [0.25, 0.3) is 6.43 Å². The van der Waals surface area contributed by atoms with Gasteiger partial charge in [-0.25, -0.2) is 26.3 Å². The molecule has 11 heteroatoms. The monoisotopic (exact) mass is 592 g/mol. The number of halogens is 9. The predicted octanol–water partition coefficient (Wildman–Crippen LogP) is 8.66. The average molecular weight is 593 g/mol. The summed E-state index contributed by atoms with van der Waals surface area (Å²) >= 11 is 0. The topological polar surface area (TPSA) is 24.9 Å². The summed E-state index contributed by atoms with van der Waals surface area (Å²) in [6.07, 6.45) is -4.78. The molecule has 1 heterocycles. The summed E-state index contributed by atoms with van der Waals surface area (Å²) in [5.74, 6) is -5.03. The molecule has 2 nitrogen and oxygen atoms in total. The van der Waals surface area contributed by atoms with Gasteiger partial charge in [-0.1, -0.05) is 18.7 Å². The number of allylic oxidation sites excluding steroid dienone is 3. The maximum atomic E-state index is 15.0. The molecule has 0 saturated carbocycles. The molecular formula is C31H21F9N2. The molecule has 0 bridgehead atoms. The lowest BCUT2D eigenvalue weighted by molar-refractivity contribution is -0.140. The highest BCUT2D eigenvalue weighted by molar-refractivity contribution is 5.65. The molecule has 0 fully saturated rings. The number of alkyl halides is 5. The molecule has 0 spiro atoms. The van der Waals surface area contributed by atoms with Crippen molar-refractivity contribution in [2.24, 2.45) is 0 Å². The Labute approximate surface area is 234 Å². The SMILES string of the molecule is C=C(N[C@@](Cc1ccc(F)c(F)c1)(C1=C=CC(C(F)F)=CC(F)=C1)c1ccc(C)cn1)c1ccc(F)c(C(F)(F)F)c1. The van der Waals surface area contributed by atoms with E-state index in [4.69, 9.17) is 0 Å².